The monoisotopic (exact) mass is 317 g/mol. The molecular formula is C12H14F3N5O2. The molecule has 2 N–H and O–H groups in total. The van der Waals surface area contributed by atoms with E-state index in [0.29, 0.717) is 31.3 Å². The van der Waals surface area contributed by atoms with Crippen LogP contribution in [0.25, 0.3) is 5.78 Å². The normalized spacial score (nSPS) is 17.5. The second kappa shape index (κ2) is 5.06. The fourth-order valence-electron chi connectivity index (χ4n) is 2.15. The Bertz CT molecular complexity index is 690. The molecule has 1 aliphatic rings. The Morgan fingerprint density at radius 2 is 2.14 bits per heavy atom. The second-order valence-corrected chi connectivity index (χ2v) is 5.43. The number of fused-ring (bicyclic) bond motifs is 1. The van der Waals surface area contributed by atoms with E-state index in [4.69, 9.17) is 4.74 Å². The smallest absolute Gasteiger partial charge is 0.396 e. The zero-order valence-corrected chi connectivity index (χ0v) is 11.7. The molecule has 0 radical (unpaired) electrons. The summed E-state index contributed by atoms with van der Waals surface area (Å²) in [6.45, 7) is 2.73. The molecule has 0 saturated carbocycles. The number of nitrogens with zero attached hydrogens (tertiary/aromatic N) is 4. The summed E-state index contributed by atoms with van der Waals surface area (Å²) in [5.74, 6) is -1.03. The topological polar surface area (TPSA) is 84.6 Å². The molecule has 7 nitrogen and oxygen atoms in total. The van der Waals surface area contributed by atoms with E-state index in [2.05, 4.69) is 20.4 Å². The Morgan fingerprint density at radius 3 is 2.68 bits per heavy atom. The molecule has 0 aromatic carbocycles. The number of aliphatic hydroxyl groups excluding tert-OH is 1. The minimum atomic E-state index is -4.63. The summed E-state index contributed by atoms with van der Waals surface area (Å²) in [6.07, 6.45) is -4.63. The van der Waals surface area contributed by atoms with Gasteiger partial charge >= 0.3 is 6.18 Å². The molecule has 10 heteroatoms. The number of alkyl halides is 3. The number of halogens is 3. The number of aryl methyl sites for hydroxylation is 1. The van der Waals surface area contributed by atoms with E-state index in [1.54, 1.807) is 13.0 Å². The lowest BCUT2D eigenvalue weighted by Crippen LogP contribution is -2.50. The fourth-order valence-corrected chi connectivity index (χ4v) is 2.15. The molecule has 1 saturated heterocycles. The maximum atomic E-state index is 12.7. The summed E-state index contributed by atoms with van der Waals surface area (Å²) in [5, 5.41) is 15.8. The Balaban J connectivity index is 1.92. The Kier molecular flexibility index (Phi) is 3.44. The molecule has 0 aliphatic carbocycles. The number of nitrogens with one attached hydrogen (secondary N) is 1. The fraction of sp³-hybridized carbons (Fsp3) is 0.583. The lowest BCUT2D eigenvalue weighted by Gasteiger charge is -2.40. The molecule has 1 fully saturated rings. The van der Waals surface area contributed by atoms with Gasteiger partial charge in [-0.1, -0.05) is 0 Å². The number of hydrogen-bond donors (Lipinski definition) is 2. The van der Waals surface area contributed by atoms with Gasteiger partial charge in [0.1, 0.15) is 5.82 Å². The van der Waals surface area contributed by atoms with Crippen LogP contribution in [0.1, 0.15) is 11.5 Å². The average molecular weight is 317 g/mol. The van der Waals surface area contributed by atoms with E-state index in [9.17, 15) is 18.3 Å². The molecule has 22 heavy (non-hydrogen) atoms. The lowest BCUT2D eigenvalue weighted by atomic mass is 9.87. The minimum Gasteiger partial charge on any atom is -0.396 e. The number of aliphatic hydroxyl groups is 1. The molecule has 0 bridgehead atoms. The van der Waals surface area contributed by atoms with Crippen LogP contribution in [0.4, 0.5) is 19.0 Å². The first-order valence-electron chi connectivity index (χ1n) is 6.57. The quantitative estimate of drug-likeness (QED) is 0.870. The highest BCUT2D eigenvalue weighted by Crippen LogP contribution is 2.29. The molecule has 3 rings (SSSR count). The molecular weight excluding hydrogens is 303 g/mol. The zero-order valence-electron chi connectivity index (χ0n) is 11.7. The van der Waals surface area contributed by atoms with Crippen LogP contribution in [0.15, 0.2) is 6.07 Å². The predicted octanol–water partition coefficient (Wildman–Crippen LogP) is 0.872. The first kappa shape index (κ1) is 15.0. The van der Waals surface area contributed by atoms with Crippen LogP contribution in [0.5, 0.6) is 0 Å². The van der Waals surface area contributed by atoms with Gasteiger partial charge in [-0.05, 0) is 6.92 Å². The average Bonchev–Trinajstić information content (AvgIpc) is 2.81. The largest absolute Gasteiger partial charge is 0.453 e. The highest BCUT2D eigenvalue weighted by atomic mass is 19.4. The van der Waals surface area contributed by atoms with Crippen molar-refractivity contribution in [3.05, 3.63) is 17.6 Å². The van der Waals surface area contributed by atoms with Gasteiger partial charge in [-0.25, -0.2) is 4.98 Å². The number of anilines is 1. The van der Waals surface area contributed by atoms with E-state index in [1.807, 2.05) is 0 Å². The van der Waals surface area contributed by atoms with Crippen LogP contribution < -0.4 is 5.32 Å². The van der Waals surface area contributed by atoms with Crippen molar-refractivity contribution < 1.29 is 23.0 Å². The van der Waals surface area contributed by atoms with Crippen LogP contribution in [0.3, 0.4) is 0 Å². The Morgan fingerprint density at radius 1 is 1.41 bits per heavy atom. The summed E-state index contributed by atoms with van der Waals surface area (Å²) in [4.78, 5) is 7.35. The summed E-state index contributed by atoms with van der Waals surface area (Å²) < 4.78 is 44.2. The van der Waals surface area contributed by atoms with E-state index in [1.165, 1.54) is 0 Å². The summed E-state index contributed by atoms with van der Waals surface area (Å²) >= 11 is 0. The van der Waals surface area contributed by atoms with Gasteiger partial charge in [0.25, 0.3) is 11.6 Å². The first-order chi connectivity index (χ1) is 10.3. The summed E-state index contributed by atoms with van der Waals surface area (Å²) in [5.41, 5.74) is 0.0933. The van der Waals surface area contributed by atoms with Crippen molar-refractivity contribution in [2.45, 2.75) is 13.1 Å². The van der Waals surface area contributed by atoms with Gasteiger partial charge in [0.15, 0.2) is 0 Å². The Hall–Kier alpha value is -1.94. The van der Waals surface area contributed by atoms with Gasteiger partial charge in [0.2, 0.25) is 0 Å². The van der Waals surface area contributed by atoms with Gasteiger partial charge in [-0.15, -0.1) is 5.10 Å². The highest BCUT2D eigenvalue weighted by Gasteiger charge is 2.39. The number of hydrogen-bond acceptors (Lipinski definition) is 6. The van der Waals surface area contributed by atoms with Crippen LogP contribution in [-0.4, -0.2) is 51.1 Å². The molecule has 0 spiro atoms. The number of aromatic nitrogens is 4. The van der Waals surface area contributed by atoms with Gasteiger partial charge in [-0.3, -0.25) is 0 Å². The highest BCUT2D eigenvalue weighted by molar-refractivity contribution is 5.45. The van der Waals surface area contributed by atoms with Gasteiger partial charge in [-0.2, -0.15) is 22.7 Å². The molecule has 2 aromatic rings. The maximum Gasteiger partial charge on any atom is 0.453 e. The van der Waals surface area contributed by atoms with Gasteiger partial charge in [0, 0.05) is 18.3 Å². The minimum absolute atomic E-state index is 0.0711. The maximum absolute atomic E-state index is 12.7. The van der Waals surface area contributed by atoms with Crippen LogP contribution in [0.2, 0.25) is 0 Å². The molecule has 3 heterocycles. The van der Waals surface area contributed by atoms with Crippen molar-refractivity contribution in [1.82, 2.24) is 19.6 Å². The molecule has 0 atom stereocenters. The van der Waals surface area contributed by atoms with Crippen molar-refractivity contribution in [3.63, 3.8) is 0 Å². The molecule has 120 valence electrons. The van der Waals surface area contributed by atoms with Gasteiger partial charge < -0.3 is 15.2 Å². The third-order valence-corrected chi connectivity index (χ3v) is 3.49. The Labute approximate surface area is 123 Å². The van der Waals surface area contributed by atoms with Crippen molar-refractivity contribution in [1.29, 1.82) is 0 Å². The van der Waals surface area contributed by atoms with Crippen molar-refractivity contribution in [3.8, 4) is 0 Å². The van der Waals surface area contributed by atoms with E-state index in [-0.39, 0.29) is 12.4 Å². The zero-order chi connectivity index (χ0) is 16.0. The molecule has 1 aliphatic heterocycles. The summed E-state index contributed by atoms with van der Waals surface area (Å²) in [7, 11) is 0. The first-order valence-corrected chi connectivity index (χ1v) is 6.57. The van der Waals surface area contributed by atoms with Crippen LogP contribution >= 0.6 is 0 Å². The lowest BCUT2D eigenvalue weighted by molar-refractivity contribution is -0.144. The molecule has 0 unspecified atom stereocenters. The standard InChI is InChI=1S/C12H14F3N5O2/c1-7-2-8(16-3-11(4-21)5-22-6-11)20-10(17-7)18-9(19-20)12(13,14)15/h2,16,21H,3-6H2,1H3. The van der Waals surface area contributed by atoms with Gasteiger partial charge in [0.05, 0.1) is 25.2 Å². The number of rotatable bonds is 4. The molecule has 0 amide bonds. The molecule has 2 aromatic heterocycles. The van der Waals surface area contributed by atoms with Crippen LogP contribution in [-0.2, 0) is 10.9 Å². The third kappa shape index (κ3) is 2.59. The third-order valence-electron chi connectivity index (χ3n) is 3.49. The van der Waals surface area contributed by atoms with E-state index in [0.717, 1.165) is 4.52 Å². The van der Waals surface area contributed by atoms with Crippen molar-refractivity contribution in [2.24, 2.45) is 5.41 Å². The van der Waals surface area contributed by atoms with E-state index >= 15 is 0 Å². The number of ether oxygens (including phenoxy) is 1. The van der Waals surface area contributed by atoms with E-state index < -0.39 is 17.4 Å². The summed E-state index contributed by atoms with van der Waals surface area (Å²) in [6, 6.07) is 1.58. The second-order valence-electron chi connectivity index (χ2n) is 5.43. The van der Waals surface area contributed by atoms with Crippen molar-refractivity contribution in [2.75, 3.05) is 31.7 Å². The predicted molar refractivity (Wildman–Crippen MR) is 69.3 cm³/mol. The van der Waals surface area contributed by atoms with Crippen LogP contribution in [0, 0.1) is 12.3 Å². The SMILES string of the molecule is Cc1cc(NCC2(CO)COC2)n2nc(C(F)(F)F)nc2n1. The van der Waals surface area contributed by atoms with Crippen molar-refractivity contribution >= 4 is 11.6 Å².